The molecule has 0 bridgehead atoms. The van der Waals surface area contributed by atoms with Crippen LogP contribution in [0.15, 0.2) is 49.1 Å². The number of rotatable bonds is 3. The normalized spacial score (nSPS) is 24.7. The lowest BCUT2D eigenvalue weighted by molar-refractivity contribution is -0.117. The molecule has 1 spiro atoms. The average Bonchev–Trinajstić information content (AvgIpc) is 3.12. The Morgan fingerprint density at radius 2 is 1.91 bits per heavy atom. The van der Waals surface area contributed by atoms with Gasteiger partial charge in [0.1, 0.15) is 0 Å². The molecule has 118 valence electrons. The summed E-state index contributed by atoms with van der Waals surface area (Å²) in [5, 5.41) is 0. The standard InChI is InChI=1S/C18H20N4O/c23-17-9-18(14-22(17)16-4-2-7-20-11-16)5-8-21(13-18)12-15-3-1-6-19-10-15/h1-4,6-7,10-11H,5,8-9,12-14H2/t18-/m1/s1. The maximum atomic E-state index is 12.5. The molecule has 0 aromatic carbocycles. The van der Waals surface area contributed by atoms with Gasteiger partial charge in [0.15, 0.2) is 0 Å². The van der Waals surface area contributed by atoms with Crippen molar-refractivity contribution in [3.05, 3.63) is 54.6 Å². The van der Waals surface area contributed by atoms with Crippen LogP contribution < -0.4 is 4.90 Å². The second kappa shape index (κ2) is 5.74. The molecule has 4 rings (SSSR count). The number of pyridine rings is 2. The van der Waals surface area contributed by atoms with Gasteiger partial charge in [-0.15, -0.1) is 0 Å². The fourth-order valence-corrected chi connectivity index (χ4v) is 3.83. The van der Waals surface area contributed by atoms with Gasteiger partial charge in [0, 0.05) is 50.1 Å². The minimum atomic E-state index is 0.0924. The Morgan fingerprint density at radius 1 is 1.09 bits per heavy atom. The van der Waals surface area contributed by atoms with Gasteiger partial charge in [-0.1, -0.05) is 6.07 Å². The van der Waals surface area contributed by atoms with Crippen LogP contribution in [0.3, 0.4) is 0 Å². The number of amides is 1. The molecule has 2 aliphatic rings. The van der Waals surface area contributed by atoms with Crippen LogP contribution in [-0.2, 0) is 11.3 Å². The molecule has 1 atom stereocenters. The Labute approximate surface area is 136 Å². The quantitative estimate of drug-likeness (QED) is 0.871. The predicted octanol–water partition coefficient (Wildman–Crippen LogP) is 2.11. The third-order valence-electron chi connectivity index (χ3n) is 4.92. The summed E-state index contributed by atoms with van der Waals surface area (Å²) in [4.78, 5) is 25.1. The third-order valence-corrected chi connectivity index (χ3v) is 4.92. The molecule has 1 amide bonds. The van der Waals surface area contributed by atoms with Crippen molar-refractivity contribution >= 4 is 11.6 Å². The SMILES string of the molecule is O=C1C[C@@]2(CCN(Cc3cccnc3)C2)CN1c1cccnc1. The van der Waals surface area contributed by atoms with E-state index >= 15 is 0 Å². The van der Waals surface area contributed by atoms with Gasteiger partial charge in [-0.05, 0) is 36.7 Å². The van der Waals surface area contributed by atoms with Crippen molar-refractivity contribution in [1.29, 1.82) is 0 Å². The summed E-state index contributed by atoms with van der Waals surface area (Å²) < 4.78 is 0. The molecule has 2 saturated heterocycles. The van der Waals surface area contributed by atoms with E-state index in [9.17, 15) is 4.79 Å². The first-order valence-electron chi connectivity index (χ1n) is 8.06. The van der Waals surface area contributed by atoms with E-state index in [-0.39, 0.29) is 11.3 Å². The Bertz CT molecular complexity index is 691. The number of aromatic nitrogens is 2. The van der Waals surface area contributed by atoms with Gasteiger partial charge in [0.05, 0.1) is 11.9 Å². The summed E-state index contributed by atoms with van der Waals surface area (Å²) in [6.45, 7) is 3.74. The van der Waals surface area contributed by atoms with Crippen LogP contribution >= 0.6 is 0 Å². The van der Waals surface area contributed by atoms with E-state index in [1.807, 2.05) is 29.3 Å². The number of hydrogen-bond acceptors (Lipinski definition) is 4. The Balaban J connectivity index is 1.45. The maximum Gasteiger partial charge on any atom is 0.227 e. The molecule has 23 heavy (non-hydrogen) atoms. The molecule has 2 fully saturated rings. The summed E-state index contributed by atoms with van der Waals surface area (Å²) in [6.07, 6.45) is 8.97. The van der Waals surface area contributed by atoms with Crippen molar-refractivity contribution < 1.29 is 4.79 Å². The summed E-state index contributed by atoms with van der Waals surface area (Å²) in [6, 6.07) is 7.94. The molecule has 5 heteroatoms. The van der Waals surface area contributed by atoms with Crippen molar-refractivity contribution in [2.75, 3.05) is 24.5 Å². The van der Waals surface area contributed by atoms with Crippen LogP contribution in [0, 0.1) is 5.41 Å². The second-order valence-electron chi connectivity index (χ2n) is 6.69. The first-order chi connectivity index (χ1) is 11.2. The molecule has 0 radical (unpaired) electrons. The molecule has 0 N–H and O–H groups in total. The van der Waals surface area contributed by atoms with Gasteiger partial charge in [-0.2, -0.15) is 0 Å². The molecule has 5 nitrogen and oxygen atoms in total. The smallest absolute Gasteiger partial charge is 0.227 e. The van der Waals surface area contributed by atoms with Crippen molar-refractivity contribution in [3.63, 3.8) is 0 Å². The maximum absolute atomic E-state index is 12.5. The molecule has 2 aromatic heterocycles. The Kier molecular flexibility index (Phi) is 3.58. The Morgan fingerprint density at radius 3 is 2.65 bits per heavy atom. The van der Waals surface area contributed by atoms with Gasteiger partial charge < -0.3 is 4.90 Å². The molecular weight excluding hydrogens is 288 g/mol. The van der Waals surface area contributed by atoms with Crippen LogP contribution in [0.25, 0.3) is 0 Å². The van der Waals surface area contributed by atoms with Crippen molar-refractivity contribution in [2.24, 2.45) is 5.41 Å². The lowest BCUT2D eigenvalue weighted by atomic mass is 9.86. The topological polar surface area (TPSA) is 49.3 Å². The molecule has 4 heterocycles. The summed E-state index contributed by atoms with van der Waals surface area (Å²) in [7, 11) is 0. The lowest BCUT2D eigenvalue weighted by Gasteiger charge is -2.24. The van der Waals surface area contributed by atoms with Crippen LogP contribution in [0.4, 0.5) is 5.69 Å². The summed E-state index contributed by atoms with van der Waals surface area (Å²) in [5.41, 5.74) is 2.24. The highest BCUT2D eigenvalue weighted by Crippen LogP contribution is 2.41. The zero-order valence-electron chi connectivity index (χ0n) is 13.1. The zero-order chi connectivity index (χ0) is 15.7. The van der Waals surface area contributed by atoms with E-state index in [1.165, 1.54) is 5.56 Å². The van der Waals surface area contributed by atoms with Crippen molar-refractivity contribution in [2.45, 2.75) is 19.4 Å². The van der Waals surface area contributed by atoms with Crippen molar-refractivity contribution in [3.8, 4) is 0 Å². The van der Waals surface area contributed by atoms with Gasteiger partial charge >= 0.3 is 0 Å². The summed E-state index contributed by atoms with van der Waals surface area (Å²) in [5.74, 6) is 0.223. The predicted molar refractivity (Wildman–Crippen MR) is 87.8 cm³/mol. The molecule has 2 aromatic rings. The monoisotopic (exact) mass is 308 g/mol. The molecule has 2 aliphatic heterocycles. The van der Waals surface area contributed by atoms with Gasteiger partial charge in [0.2, 0.25) is 5.91 Å². The minimum Gasteiger partial charge on any atom is -0.310 e. The number of nitrogens with zero attached hydrogens (tertiary/aromatic N) is 4. The number of likely N-dealkylation sites (tertiary alicyclic amines) is 1. The molecule has 0 saturated carbocycles. The van der Waals surface area contributed by atoms with Gasteiger partial charge in [0.25, 0.3) is 0 Å². The highest BCUT2D eigenvalue weighted by atomic mass is 16.2. The Hall–Kier alpha value is -2.27. The van der Waals surface area contributed by atoms with E-state index in [0.29, 0.717) is 6.42 Å². The van der Waals surface area contributed by atoms with Crippen LogP contribution in [0.5, 0.6) is 0 Å². The first kappa shape index (κ1) is 14.3. The number of carbonyl (C=O) groups excluding carboxylic acids is 1. The fourth-order valence-electron chi connectivity index (χ4n) is 3.83. The second-order valence-corrected chi connectivity index (χ2v) is 6.69. The van der Waals surface area contributed by atoms with Gasteiger partial charge in [-0.25, -0.2) is 0 Å². The summed E-state index contributed by atoms with van der Waals surface area (Å²) >= 11 is 0. The highest BCUT2D eigenvalue weighted by Gasteiger charge is 2.47. The third kappa shape index (κ3) is 2.84. The van der Waals surface area contributed by atoms with Gasteiger partial charge in [-0.3, -0.25) is 19.7 Å². The number of anilines is 1. The van der Waals surface area contributed by atoms with Crippen LogP contribution in [0.1, 0.15) is 18.4 Å². The fraction of sp³-hybridized carbons (Fsp3) is 0.389. The first-order valence-corrected chi connectivity index (χ1v) is 8.06. The molecule has 0 unspecified atom stereocenters. The molecule has 0 aliphatic carbocycles. The van der Waals surface area contributed by atoms with E-state index in [4.69, 9.17) is 0 Å². The van der Waals surface area contributed by atoms with E-state index in [2.05, 4.69) is 20.9 Å². The van der Waals surface area contributed by atoms with Crippen LogP contribution in [-0.4, -0.2) is 40.4 Å². The zero-order valence-corrected chi connectivity index (χ0v) is 13.1. The van der Waals surface area contributed by atoms with Crippen molar-refractivity contribution in [1.82, 2.24) is 14.9 Å². The van der Waals surface area contributed by atoms with Crippen LogP contribution in [0.2, 0.25) is 0 Å². The minimum absolute atomic E-state index is 0.0924. The average molecular weight is 308 g/mol. The molecular formula is C18H20N4O. The van der Waals surface area contributed by atoms with E-state index < -0.39 is 0 Å². The van der Waals surface area contributed by atoms with E-state index in [1.54, 1.807) is 18.6 Å². The lowest BCUT2D eigenvalue weighted by Crippen LogP contribution is -2.31. The van der Waals surface area contributed by atoms with E-state index in [0.717, 1.165) is 38.3 Å². The number of carbonyl (C=O) groups is 1. The number of hydrogen-bond donors (Lipinski definition) is 0. The highest BCUT2D eigenvalue weighted by molar-refractivity contribution is 5.96. The largest absolute Gasteiger partial charge is 0.310 e.